The predicted octanol–water partition coefficient (Wildman–Crippen LogP) is 1.53. The van der Waals surface area contributed by atoms with Crippen molar-refractivity contribution in [2.24, 2.45) is 0 Å². The molecule has 0 aromatic heterocycles. The number of benzene rings is 2. The Bertz CT molecular complexity index is 909. The van der Waals surface area contributed by atoms with E-state index in [-0.39, 0.29) is 28.9 Å². The van der Waals surface area contributed by atoms with Gasteiger partial charge in [0.25, 0.3) is 0 Å². The number of hydrogen-bond donors (Lipinski definition) is 2. The highest BCUT2D eigenvalue weighted by Gasteiger charge is 2.19. The van der Waals surface area contributed by atoms with E-state index >= 15 is 0 Å². The van der Waals surface area contributed by atoms with Crippen molar-refractivity contribution in [3.8, 4) is 0 Å². The zero-order chi connectivity index (χ0) is 18.5. The minimum Gasteiger partial charge on any atom is -0.396 e. The zero-order valence-corrected chi connectivity index (χ0v) is 15.4. The summed E-state index contributed by atoms with van der Waals surface area (Å²) in [6.07, 6.45) is 1.44. The Labute approximate surface area is 148 Å². The van der Waals surface area contributed by atoms with Crippen molar-refractivity contribution in [3.63, 3.8) is 0 Å². The fourth-order valence-electron chi connectivity index (χ4n) is 2.43. The van der Waals surface area contributed by atoms with Crippen molar-refractivity contribution in [3.05, 3.63) is 60.2 Å². The summed E-state index contributed by atoms with van der Waals surface area (Å²) in [5.41, 5.74) is 0.920. The number of nitrogens with one attached hydrogen (secondary N) is 1. The number of sulfonamides is 1. The highest BCUT2D eigenvalue weighted by Crippen LogP contribution is 2.20. The topological polar surface area (TPSA) is 101 Å². The Hall–Kier alpha value is -1.74. The lowest BCUT2D eigenvalue weighted by molar-refractivity contribution is 0.275. The molecule has 136 valence electrons. The molecule has 0 saturated carbocycles. The summed E-state index contributed by atoms with van der Waals surface area (Å²) in [6, 6.07) is 14.5. The van der Waals surface area contributed by atoms with E-state index in [1.807, 2.05) is 30.3 Å². The summed E-state index contributed by atoms with van der Waals surface area (Å²) in [6.45, 7) is 0.0425. The Morgan fingerprint density at radius 2 is 1.60 bits per heavy atom. The summed E-state index contributed by atoms with van der Waals surface area (Å²) in [7, 11) is -7.35. The second-order valence-corrected chi connectivity index (χ2v) is 9.50. The van der Waals surface area contributed by atoms with E-state index < -0.39 is 19.9 Å². The van der Waals surface area contributed by atoms with Gasteiger partial charge in [-0.3, -0.25) is 0 Å². The van der Waals surface area contributed by atoms with Gasteiger partial charge in [-0.25, -0.2) is 21.6 Å². The largest absolute Gasteiger partial charge is 0.396 e. The minimum atomic E-state index is -3.86. The van der Waals surface area contributed by atoms with Crippen molar-refractivity contribution in [2.75, 3.05) is 19.4 Å². The predicted molar refractivity (Wildman–Crippen MR) is 95.6 cm³/mol. The van der Waals surface area contributed by atoms with Crippen LogP contribution in [0.5, 0.6) is 0 Å². The molecule has 0 aliphatic rings. The summed E-state index contributed by atoms with van der Waals surface area (Å²) >= 11 is 0. The van der Waals surface area contributed by atoms with E-state index in [0.717, 1.165) is 17.9 Å². The van der Waals surface area contributed by atoms with Gasteiger partial charge < -0.3 is 5.11 Å². The van der Waals surface area contributed by atoms with Gasteiger partial charge in [0.05, 0.1) is 9.79 Å². The Balaban J connectivity index is 2.20. The van der Waals surface area contributed by atoms with Crippen molar-refractivity contribution >= 4 is 19.9 Å². The third kappa shape index (κ3) is 5.37. The first-order valence-electron chi connectivity index (χ1n) is 7.69. The van der Waals surface area contributed by atoms with Gasteiger partial charge in [-0.05, 0) is 36.1 Å². The molecule has 0 spiro atoms. The van der Waals surface area contributed by atoms with Crippen molar-refractivity contribution in [2.45, 2.75) is 22.1 Å². The maximum Gasteiger partial charge on any atom is 0.240 e. The minimum absolute atomic E-state index is 0.0506. The quantitative estimate of drug-likeness (QED) is 0.720. The fourth-order valence-corrected chi connectivity index (χ4v) is 4.30. The second kappa shape index (κ2) is 8.09. The molecule has 1 atom stereocenters. The van der Waals surface area contributed by atoms with Gasteiger partial charge in [-0.1, -0.05) is 36.4 Å². The maximum atomic E-state index is 12.5. The van der Waals surface area contributed by atoms with Crippen LogP contribution in [0.3, 0.4) is 0 Å². The van der Waals surface area contributed by atoms with E-state index in [1.54, 1.807) is 0 Å². The Kier molecular flexibility index (Phi) is 6.34. The molecule has 25 heavy (non-hydrogen) atoms. The third-order valence-corrected chi connectivity index (χ3v) is 6.34. The first-order valence-corrected chi connectivity index (χ1v) is 11.1. The molecule has 0 amide bonds. The number of aliphatic hydroxyl groups excluding tert-OH is 1. The lowest BCUT2D eigenvalue weighted by Gasteiger charge is -2.17. The van der Waals surface area contributed by atoms with Gasteiger partial charge in [0.15, 0.2) is 9.84 Å². The highest BCUT2D eigenvalue weighted by atomic mass is 32.2. The van der Waals surface area contributed by atoms with Crippen LogP contribution >= 0.6 is 0 Å². The summed E-state index contributed by atoms with van der Waals surface area (Å²) < 4.78 is 50.7. The van der Waals surface area contributed by atoms with E-state index in [9.17, 15) is 21.9 Å². The van der Waals surface area contributed by atoms with Crippen LogP contribution in [0.4, 0.5) is 0 Å². The van der Waals surface area contributed by atoms with Crippen LogP contribution in [0.15, 0.2) is 64.4 Å². The second-order valence-electron chi connectivity index (χ2n) is 5.72. The molecular formula is C17H21NO5S2. The smallest absolute Gasteiger partial charge is 0.240 e. The number of sulfone groups is 1. The molecule has 2 N–H and O–H groups in total. The van der Waals surface area contributed by atoms with Crippen molar-refractivity contribution in [1.29, 1.82) is 0 Å². The molecule has 0 heterocycles. The highest BCUT2D eigenvalue weighted by molar-refractivity contribution is 7.91. The van der Waals surface area contributed by atoms with Gasteiger partial charge >= 0.3 is 0 Å². The first kappa shape index (κ1) is 19.6. The summed E-state index contributed by atoms with van der Waals surface area (Å²) in [5, 5.41) is 9.23. The summed E-state index contributed by atoms with van der Waals surface area (Å²) in [4.78, 5) is -0.156. The van der Waals surface area contributed by atoms with E-state index in [4.69, 9.17) is 0 Å². The maximum absolute atomic E-state index is 12.5. The van der Waals surface area contributed by atoms with Gasteiger partial charge in [-0.15, -0.1) is 0 Å². The molecule has 0 radical (unpaired) electrons. The number of rotatable bonds is 8. The van der Waals surface area contributed by atoms with Gasteiger partial charge in [0, 0.05) is 19.4 Å². The number of hydrogen-bond acceptors (Lipinski definition) is 5. The Morgan fingerprint density at radius 3 is 2.20 bits per heavy atom. The molecule has 2 aromatic rings. The van der Waals surface area contributed by atoms with Crippen molar-refractivity contribution < 1.29 is 21.9 Å². The Morgan fingerprint density at radius 1 is 0.960 bits per heavy atom. The van der Waals surface area contributed by atoms with Crippen LogP contribution in [-0.2, 0) is 19.9 Å². The molecule has 0 bridgehead atoms. The van der Waals surface area contributed by atoms with Gasteiger partial charge in [0.2, 0.25) is 10.0 Å². The standard InChI is InChI=1S/C17H21NO5S2/c1-24(20,21)16-8-5-9-17(12-16)25(22,23)18-13-15(10-11-19)14-6-3-2-4-7-14/h2-9,12,15,18-19H,10-11,13H2,1H3/t15-/m0/s1. The lowest BCUT2D eigenvalue weighted by atomic mass is 9.96. The molecular weight excluding hydrogens is 362 g/mol. The molecule has 0 fully saturated rings. The third-order valence-electron chi connectivity index (χ3n) is 3.81. The van der Waals surface area contributed by atoms with E-state index in [0.29, 0.717) is 6.42 Å². The zero-order valence-electron chi connectivity index (χ0n) is 13.8. The number of aliphatic hydroxyl groups is 1. The monoisotopic (exact) mass is 383 g/mol. The average Bonchev–Trinajstić information content (AvgIpc) is 2.59. The SMILES string of the molecule is CS(=O)(=O)c1cccc(S(=O)(=O)NC[C@H](CCO)c2ccccc2)c1. The van der Waals surface area contributed by atoms with Crippen molar-refractivity contribution in [1.82, 2.24) is 4.72 Å². The van der Waals surface area contributed by atoms with E-state index in [1.165, 1.54) is 18.2 Å². The first-order chi connectivity index (χ1) is 11.7. The van der Waals surface area contributed by atoms with Crippen LogP contribution in [0.1, 0.15) is 17.9 Å². The van der Waals surface area contributed by atoms with E-state index in [2.05, 4.69) is 4.72 Å². The van der Waals surface area contributed by atoms with Gasteiger partial charge in [0.1, 0.15) is 0 Å². The average molecular weight is 383 g/mol. The molecule has 0 aliphatic carbocycles. The molecule has 0 unspecified atom stereocenters. The van der Waals surface area contributed by atoms with Gasteiger partial charge in [-0.2, -0.15) is 0 Å². The molecule has 2 rings (SSSR count). The molecule has 8 heteroatoms. The molecule has 6 nitrogen and oxygen atoms in total. The van der Waals surface area contributed by atoms with Crippen LogP contribution in [0, 0.1) is 0 Å². The van der Waals surface area contributed by atoms with Crippen LogP contribution < -0.4 is 4.72 Å². The molecule has 0 aliphatic heterocycles. The van der Waals surface area contributed by atoms with Crippen LogP contribution in [0.2, 0.25) is 0 Å². The normalized spacial score (nSPS) is 13.5. The lowest BCUT2D eigenvalue weighted by Crippen LogP contribution is -2.29. The molecule has 2 aromatic carbocycles. The molecule has 0 saturated heterocycles. The van der Waals surface area contributed by atoms with Crippen LogP contribution in [-0.4, -0.2) is 41.3 Å². The summed E-state index contributed by atoms with van der Waals surface area (Å²) in [5.74, 6) is -0.181. The fraction of sp³-hybridized carbons (Fsp3) is 0.294. The van der Waals surface area contributed by atoms with Crippen LogP contribution in [0.25, 0.3) is 0 Å².